The van der Waals surface area contributed by atoms with Crippen molar-refractivity contribution in [1.29, 1.82) is 0 Å². The van der Waals surface area contributed by atoms with Gasteiger partial charge in [-0.15, -0.1) is 0 Å². The predicted octanol–water partition coefficient (Wildman–Crippen LogP) is 4.93. The Morgan fingerprint density at radius 1 is 1.05 bits per heavy atom. The number of allylic oxidation sites excluding steroid dienone is 1. The fraction of sp³-hybridized carbons (Fsp3) is 0.0588. The molecule has 0 saturated carbocycles. The van der Waals surface area contributed by atoms with Crippen LogP contribution < -0.4 is 0 Å². The zero-order chi connectivity index (χ0) is 14.8. The summed E-state index contributed by atoms with van der Waals surface area (Å²) in [6.45, 7) is 0. The Morgan fingerprint density at radius 3 is 2.48 bits per heavy atom. The Bertz CT molecular complexity index is 761. The molecule has 1 heterocycles. The second kappa shape index (κ2) is 5.84. The van der Waals surface area contributed by atoms with Gasteiger partial charge in [-0.25, -0.2) is 0 Å². The van der Waals surface area contributed by atoms with Crippen LogP contribution in [-0.2, 0) is 0 Å². The van der Waals surface area contributed by atoms with Gasteiger partial charge in [0.15, 0.2) is 5.78 Å². The van der Waals surface area contributed by atoms with Crippen molar-refractivity contribution in [3.8, 4) is 0 Å². The number of nitrogens with zero attached hydrogens (tertiary/aromatic N) is 1. The second-order valence-corrected chi connectivity index (χ2v) is 5.54. The van der Waals surface area contributed by atoms with E-state index in [1.165, 1.54) is 0 Å². The van der Waals surface area contributed by atoms with Gasteiger partial charge < -0.3 is 0 Å². The maximum Gasteiger partial charge on any atom is 0.194 e. The predicted molar refractivity (Wildman–Crippen MR) is 86.6 cm³/mol. The molecule has 2 aromatic carbocycles. The van der Waals surface area contributed by atoms with Gasteiger partial charge in [0.25, 0.3) is 0 Å². The number of rotatable bonds is 3. The summed E-state index contributed by atoms with van der Waals surface area (Å²) in [7, 11) is 0. The van der Waals surface area contributed by atoms with E-state index >= 15 is 0 Å². The van der Waals surface area contributed by atoms with Crippen molar-refractivity contribution in [3.63, 3.8) is 0 Å². The molecule has 4 heteroatoms. The van der Waals surface area contributed by atoms with Crippen molar-refractivity contribution in [2.24, 2.45) is 4.99 Å². The minimum Gasteiger partial charge on any atom is -0.289 e. The highest BCUT2D eigenvalue weighted by Crippen LogP contribution is 2.24. The molecule has 0 radical (unpaired) electrons. The normalized spacial score (nSPS) is 13.3. The number of hydrogen-bond acceptors (Lipinski definition) is 2. The van der Waals surface area contributed by atoms with Crippen LogP contribution in [0.15, 0.2) is 59.7 Å². The lowest BCUT2D eigenvalue weighted by Gasteiger charge is -2.06. The minimum absolute atomic E-state index is 0.138. The Balaban J connectivity index is 1.90. The summed E-state index contributed by atoms with van der Waals surface area (Å²) in [5.74, 6) is -0.138. The van der Waals surface area contributed by atoms with Crippen LogP contribution in [-0.4, -0.2) is 11.5 Å². The van der Waals surface area contributed by atoms with Gasteiger partial charge in [0, 0.05) is 28.8 Å². The Morgan fingerprint density at radius 2 is 1.81 bits per heavy atom. The number of carbonyl (C=O) groups excluding carboxylic acids is 1. The first-order valence-corrected chi connectivity index (χ1v) is 7.22. The van der Waals surface area contributed by atoms with Gasteiger partial charge >= 0.3 is 0 Å². The van der Waals surface area contributed by atoms with Crippen molar-refractivity contribution in [1.82, 2.24) is 0 Å². The van der Waals surface area contributed by atoms with E-state index in [-0.39, 0.29) is 5.78 Å². The monoisotopic (exact) mass is 315 g/mol. The van der Waals surface area contributed by atoms with Crippen molar-refractivity contribution < 1.29 is 4.79 Å². The van der Waals surface area contributed by atoms with Gasteiger partial charge in [0.05, 0.1) is 10.7 Å². The largest absolute Gasteiger partial charge is 0.289 e. The van der Waals surface area contributed by atoms with Gasteiger partial charge in [0.1, 0.15) is 0 Å². The van der Waals surface area contributed by atoms with E-state index < -0.39 is 0 Å². The molecular formula is C17H11Cl2NO. The molecule has 0 amide bonds. The van der Waals surface area contributed by atoms with Crippen molar-refractivity contribution >= 4 is 34.7 Å². The first kappa shape index (κ1) is 14.1. The molecule has 0 spiro atoms. The molecule has 0 bridgehead atoms. The van der Waals surface area contributed by atoms with E-state index in [9.17, 15) is 4.79 Å². The zero-order valence-corrected chi connectivity index (χ0v) is 12.5. The van der Waals surface area contributed by atoms with Crippen LogP contribution in [0, 0.1) is 0 Å². The molecule has 0 atom stereocenters. The molecular weight excluding hydrogens is 305 g/mol. The minimum atomic E-state index is -0.138. The fourth-order valence-corrected chi connectivity index (χ4v) is 2.57. The third-order valence-corrected chi connectivity index (χ3v) is 3.87. The highest BCUT2D eigenvalue weighted by Gasteiger charge is 2.14. The molecule has 104 valence electrons. The topological polar surface area (TPSA) is 29.4 Å². The molecule has 0 aliphatic carbocycles. The average Bonchev–Trinajstić information content (AvgIpc) is 3.03. The van der Waals surface area contributed by atoms with Crippen LogP contribution in [0.3, 0.4) is 0 Å². The molecule has 2 nitrogen and oxygen atoms in total. The summed E-state index contributed by atoms with van der Waals surface area (Å²) in [4.78, 5) is 16.7. The highest BCUT2D eigenvalue weighted by molar-refractivity contribution is 6.36. The van der Waals surface area contributed by atoms with E-state index in [1.807, 2.05) is 18.2 Å². The Kier molecular flexibility index (Phi) is 3.91. The third-order valence-electron chi connectivity index (χ3n) is 3.30. The molecule has 0 N–H and O–H groups in total. The summed E-state index contributed by atoms with van der Waals surface area (Å²) in [6.07, 6.45) is 4.62. The van der Waals surface area contributed by atoms with Crippen LogP contribution in [0.4, 0.5) is 0 Å². The van der Waals surface area contributed by atoms with Crippen molar-refractivity contribution in [3.05, 3.63) is 81.5 Å². The number of benzene rings is 2. The lowest BCUT2D eigenvalue weighted by Crippen LogP contribution is -2.03. The summed E-state index contributed by atoms with van der Waals surface area (Å²) >= 11 is 12.0. The lowest BCUT2D eigenvalue weighted by atomic mass is 10.00. The fourth-order valence-electron chi connectivity index (χ4n) is 2.19. The maximum atomic E-state index is 12.5. The summed E-state index contributed by atoms with van der Waals surface area (Å²) < 4.78 is 0. The molecule has 1 aliphatic heterocycles. The quantitative estimate of drug-likeness (QED) is 0.738. The van der Waals surface area contributed by atoms with Crippen LogP contribution >= 0.6 is 23.2 Å². The van der Waals surface area contributed by atoms with Crippen molar-refractivity contribution in [2.45, 2.75) is 6.42 Å². The molecule has 0 unspecified atom stereocenters. The van der Waals surface area contributed by atoms with Gasteiger partial charge in [0.2, 0.25) is 0 Å². The van der Waals surface area contributed by atoms with Crippen LogP contribution in [0.2, 0.25) is 10.0 Å². The average molecular weight is 316 g/mol. The highest BCUT2D eigenvalue weighted by atomic mass is 35.5. The van der Waals surface area contributed by atoms with Gasteiger partial charge in [-0.3, -0.25) is 9.79 Å². The number of aliphatic imine (C=N–C) groups is 1. The van der Waals surface area contributed by atoms with E-state index in [0.29, 0.717) is 21.2 Å². The summed E-state index contributed by atoms with van der Waals surface area (Å²) in [6, 6.07) is 12.3. The van der Waals surface area contributed by atoms with E-state index in [1.54, 1.807) is 36.5 Å². The van der Waals surface area contributed by atoms with Crippen molar-refractivity contribution in [2.75, 3.05) is 0 Å². The van der Waals surface area contributed by atoms with Gasteiger partial charge in [-0.1, -0.05) is 53.5 Å². The van der Waals surface area contributed by atoms with Gasteiger partial charge in [-0.2, -0.15) is 0 Å². The summed E-state index contributed by atoms with van der Waals surface area (Å²) in [5, 5.41) is 0.892. The second-order valence-electron chi connectivity index (χ2n) is 4.70. The molecule has 21 heavy (non-hydrogen) atoms. The third kappa shape index (κ3) is 2.92. The molecule has 2 aromatic rings. The van der Waals surface area contributed by atoms with E-state index in [2.05, 4.69) is 4.99 Å². The van der Waals surface area contributed by atoms with Crippen LogP contribution in [0.1, 0.15) is 27.9 Å². The smallest absolute Gasteiger partial charge is 0.194 e. The number of hydrogen-bond donors (Lipinski definition) is 0. The molecule has 0 aromatic heterocycles. The molecule has 0 fully saturated rings. The standard InChI is InChI=1S/C17H11Cl2NO/c18-13-7-8-15(19)14(10-13)17(21)12-5-3-11(4-6-12)16-2-1-9-20-16/h1,3-10H,2H2. The SMILES string of the molecule is O=C(c1ccc(C2=NC=CC2)cc1)c1cc(Cl)ccc1Cl. The zero-order valence-electron chi connectivity index (χ0n) is 11.0. The maximum absolute atomic E-state index is 12.5. The van der Waals surface area contributed by atoms with E-state index in [0.717, 1.165) is 17.7 Å². The Hall–Kier alpha value is -1.90. The molecule has 3 rings (SSSR count). The molecule has 1 aliphatic rings. The van der Waals surface area contributed by atoms with Gasteiger partial charge in [-0.05, 0) is 23.8 Å². The van der Waals surface area contributed by atoms with Crippen LogP contribution in [0.5, 0.6) is 0 Å². The van der Waals surface area contributed by atoms with E-state index in [4.69, 9.17) is 23.2 Å². The molecule has 0 saturated heterocycles. The number of ketones is 1. The van der Waals surface area contributed by atoms with Crippen LogP contribution in [0.25, 0.3) is 0 Å². The number of halogens is 2. The number of carbonyl (C=O) groups is 1. The Labute approximate surface area is 132 Å². The lowest BCUT2D eigenvalue weighted by molar-refractivity contribution is 0.103. The first-order chi connectivity index (χ1) is 10.1. The summed E-state index contributed by atoms with van der Waals surface area (Å²) in [5.41, 5.74) is 3.02. The first-order valence-electron chi connectivity index (χ1n) is 6.47.